The minimum absolute atomic E-state index is 0.122. The minimum atomic E-state index is -0.122. The summed E-state index contributed by atoms with van der Waals surface area (Å²) in [5.74, 6) is 6.22. The van der Waals surface area contributed by atoms with Gasteiger partial charge in [0.05, 0.1) is 12.1 Å². The molecular weight excluding hydrogens is 262 g/mol. The lowest BCUT2D eigenvalue weighted by atomic mass is 10.1. The van der Waals surface area contributed by atoms with E-state index in [0.29, 0.717) is 29.4 Å². The zero-order valence-corrected chi connectivity index (χ0v) is 11.6. The van der Waals surface area contributed by atoms with Crippen molar-refractivity contribution in [3.8, 4) is 11.8 Å². The summed E-state index contributed by atoms with van der Waals surface area (Å²) in [5, 5.41) is 7.40. The van der Waals surface area contributed by atoms with E-state index in [9.17, 15) is 4.79 Å². The second-order valence-corrected chi connectivity index (χ2v) is 4.61. The molecule has 0 unspecified atom stereocenters. The molecule has 0 spiro atoms. The summed E-state index contributed by atoms with van der Waals surface area (Å²) in [6.45, 7) is 1.80. The fourth-order valence-electron chi connectivity index (χ4n) is 1.78. The highest BCUT2D eigenvalue weighted by Crippen LogP contribution is 2.24. The molecular formula is C14H14ClN3O. The average molecular weight is 276 g/mol. The van der Waals surface area contributed by atoms with Gasteiger partial charge in [0.2, 0.25) is 5.91 Å². The molecule has 0 radical (unpaired) electrons. The molecule has 2 rings (SSSR count). The molecule has 0 aromatic carbocycles. The topological polar surface area (TPSA) is 46.9 Å². The molecule has 0 saturated carbocycles. The van der Waals surface area contributed by atoms with Gasteiger partial charge in [-0.05, 0) is 18.6 Å². The fraction of sp³-hybridized carbons (Fsp3) is 0.286. The van der Waals surface area contributed by atoms with Gasteiger partial charge in [-0.15, -0.1) is 0 Å². The van der Waals surface area contributed by atoms with E-state index in [1.165, 1.54) is 0 Å². The maximum absolute atomic E-state index is 12.0. The number of carbonyl (C=O) groups is 1. The van der Waals surface area contributed by atoms with Crippen LogP contribution in [0.1, 0.15) is 18.5 Å². The van der Waals surface area contributed by atoms with Crippen LogP contribution in [0.4, 0.5) is 5.82 Å². The van der Waals surface area contributed by atoms with Crippen molar-refractivity contribution in [1.29, 1.82) is 0 Å². The van der Waals surface area contributed by atoms with Crippen LogP contribution >= 0.6 is 11.6 Å². The van der Waals surface area contributed by atoms with Crippen molar-refractivity contribution < 1.29 is 4.79 Å². The Balaban J connectivity index is 2.04. The van der Waals surface area contributed by atoms with E-state index in [-0.39, 0.29) is 5.91 Å². The first-order valence-corrected chi connectivity index (χ1v) is 6.28. The van der Waals surface area contributed by atoms with Crippen LogP contribution < -0.4 is 5.32 Å². The molecule has 1 aromatic rings. The number of amides is 1. The van der Waals surface area contributed by atoms with Crippen molar-refractivity contribution in [2.24, 2.45) is 7.05 Å². The molecule has 1 aromatic heterocycles. The van der Waals surface area contributed by atoms with Crippen LogP contribution in [0.5, 0.6) is 0 Å². The van der Waals surface area contributed by atoms with Gasteiger partial charge in [0.15, 0.2) is 0 Å². The number of allylic oxidation sites excluding steroid dienone is 3. The van der Waals surface area contributed by atoms with Gasteiger partial charge in [-0.1, -0.05) is 35.6 Å². The van der Waals surface area contributed by atoms with E-state index in [4.69, 9.17) is 11.6 Å². The highest BCUT2D eigenvalue weighted by atomic mass is 35.5. The number of hydrogen-bond acceptors (Lipinski definition) is 2. The number of aryl methyl sites for hydroxylation is 2. The Hall–Kier alpha value is -1.99. The Labute approximate surface area is 117 Å². The Morgan fingerprint density at radius 3 is 3.11 bits per heavy atom. The summed E-state index contributed by atoms with van der Waals surface area (Å²) in [4.78, 5) is 12.0. The Bertz CT molecular complexity index is 629. The van der Waals surface area contributed by atoms with Gasteiger partial charge in [0, 0.05) is 13.5 Å². The van der Waals surface area contributed by atoms with Crippen molar-refractivity contribution in [2.45, 2.75) is 19.8 Å². The van der Waals surface area contributed by atoms with E-state index in [1.54, 1.807) is 24.7 Å². The lowest BCUT2D eigenvalue weighted by Gasteiger charge is -2.06. The predicted molar refractivity (Wildman–Crippen MR) is 75.8 cm³/mol. The molecule has 1 N–H and O–H groups in total. The summed E-state index contributed by atoms with van der Waals surface area (Å²) in [6.07, 6.45) is 6.52. The van der Waals surface area contributed by atoms with Crippen LogP contribution in [0.15, 0.2) is 23.8 Å². The smallest absolute Gasteiger partial charge is 0.229 e. The van der Waals surface area contributed by atoms with Crippen molar-refractivity contribution >= 4 is 23.3 Å². The monoisotopic (exact) mass is 275 g/mol. The largest absolute Gasteiger partial charge is 0.309 e. The van der Waals surface area contributed by atoms with E-state index >= 15 is 0 Å². The van der Waals surface area contributed by atoms with Crippen LogP contribution in [-0.4, -0.2) is 15.7 Å². The summed E-state index contributed by atoms with van der Waals surface area (Å²) < 4.78 is 1.57. The van der Waals surface area contributed by atoms with Crippen LogP contribution in [-0.2, 0) is 11.8 Å². The number of halogens is 1. The first-order valence-electron chi connectivity index (χ1n) is 5.91. The number of nitrogens with zero attached hydrogens (tertiary/aromatic N) is 2. The highest BCUT2D eigenvalue weighted by Gasteiger charge is 2.14. The van der Waals surface area contributed by atoms with E-state index in [2.05, 4.69) is 22.3 Å². The summed E-state index contributed by atoms with van der Waals surface area (Å²) in [5.41, 5.74) is 1.63. The van der Waals surface area contributed by atoms with Crippen LogP contribution in [0.2, 0.25) is 5.02 Å². The summed E-state index contributed by atoms with van der Waals surface area (Å²) in [7, 11) is 1.74. The average Bonchev–Trinajstić information content (AvgIpc) is 2.60. The van der Waals surface area contributed by atoms with Gasteiger partial charge in [0.25, 0.3) is 0 Å². The van der Waals surface area contributed by atoms with Gasteiger partial charge >= 0.3 is 0 Å². The number of hydrogen-bond donors (Lipinski definition) is 1. The number of carbonyl (C=O) groups excluding carboxylic acids is 1. The molecule has 98 valence electrons. The maximum Gasteiger partial charge on any atom is 0.229 e. The molecule has 0 aliphatic heterocycles. The second kappa shape index (κ2) is 5.77. The van der Waals surface area contributed by atoms with Gasteiger partial charge < -0.3 is 5.32 Å². The van der Waals surface area contributed by atoms with Crippen LogP contribution in [0, 0.1) is 18.8 Å². The van der Waals surface area contributed by atoms with Gasteiger partial charge in [0.1, 0.15) is 10.8 Å². The zero-order valence-electron chi connectivity index (χ0n) is 10.8. The van der Waals surface area contributed by atoms with Crippen molar-refractivity contribution in [3.05, 3.63) is 34.5 Å². The molecule has 4 nitrogen and oxygen atoms in total. The van der Waals surface area contributed by atoms with Crippen LogP contribution in [0.25, 0.3) is 0 Å². The summed E-state index contributed by atoms with van der Waals surface area (Å²) in [6, 6.07) is 0. The Morgan fingerprint density at radius 2 is 2.42 bits per heavy atom. The van der Waals surface area contributed by atoms with E-state index < -0.39 is 0 Å². The SMILES string of the molecule is Cc1nn(C)c(NC(=O)CC2=CCC#CC=C2)c1Cl. The van der Waals surface area contributed by atoms with E-state index in [0.717, 1.165) is 5.57 Å². The van der Waals surface area contributed by atoms with Gasteiger partial charge in [-0.2, -0.15) is 5.10 Å². The molecule has 1 aliphatic carbocycles. The molecule has 19 heavy (non-hydrogen) atoms. The lowest BCUT2D eigenvalue weighted by Crippen LogP contribution is -2.14. The van der Waals surface area contributed by atoms with Crippen LogP contribution in [0.3, 0.4) is 0 Å². The van der Waals surface area contributed by atoms with Gasteiger partial charge in [-0.3, -0.25) is 9.48 Å². The number of anilines is 1. The Morgan fingerprint density at radius 1 is 1.63 bits per heavy atom. The Kier molecular flexibility index (Phi) is 4.08. The lowest BCUT2D eigenvalue weighted by molar-refractivity contribution is -0.115. The molecule has 5 heteroatoms. The first-order chi connectivity index (χ1) is 9.08. The van der Waals surface area contributed by atoms with Gasteiger partial charge in [-0.25, -0.2) is 0 Å². The molecule has 0 saturated heterocycles. The predicted octanol–water partition coefficient (Wildman–Crippen LogP) is 2.60. The molecule has 1 aliphatic rings. The second-order valence-electron chi connectivity index (χ2n) is 4.23. The summed E-state index contributed by atoms with van der Waals surface area (Å²) >= 11 is 6.08. The number of nitrogens with one attached hydrogen (secondary N) is 1. The molecule has 1 amide bonds. The quantitative estimate of drug-likeness (QED) is 0.862. The minimum Gasteiger partial charge on any atom is -0.309 e. The maximum atomic E-state index is 12.0. The standard InChI is InChI=1S/C14H14ClN3O/c1-10-13(15)14(18(2)17-10)16-12(19)9-11-7-5-3-4-6-8-11/h5,7-8H,6,9H2,1-2H3,(H,16,19). The highest BCUT2D eigenvalue weighted by molar-refractivity contribution is 6.34. The normalized spacial score (nSPS) is 13.3. The number of aromatic nitrogens is 2. The zero-order chi connectivity index (χ0) is 13.8. The molecule has 1 heterocycles. The van der Waals surface area contributed by atoms with Crippen molar-refractivity contribution in [1.82, 2.24) is 9.78 Å². The number of rotatable bonds is 3. The first kappa shape index (κ1) is 13.4. The van der Waals surface area contributed by atoms with Crippen molar-refractivity contribution in [2.75, 3.05) is 5.32 Å². The molecule has 0 bridgehead atoms. The van der Waals surface area contributed by atoms with Crippen molar-refractivity contribution in [3.63, 3.8) is 0 Å². The third-order valence-electron chi connectivity index (χ3n) is 2.72. The third kappa shape index (κ3) is 3.27. The molecule has 0 fully saturated rings. The van der Waals surface area contributed by atoms with E-state index in [1.807, 2.05) is 12.2 Å². The fourth-order valence-corrected chi connectivity index (χ4v) is 1.98. The molecule has 0 atom stereocenters. The third-order valence-corrected chi connectivity index (χ3v) is 3.17.